The second kappa shape index (κ2) is 6.25. The molecule has 18 heavy (non-hydrogen) atoms. The van der Waals surface area contributed by atoms with Crippen molar-refractivity contribution in [3.8, 4) is 0 Å². The number of hydrogen-bond acceptors (Lipinski definition) is 4. The lowest BCUT2D eigenvalue weighted by Gasteiger charge is -2.17. The van der Waals surface area contributed by atoms with E-state index in [1.54, 1.807) is 0 Å². The molecule has 1 heterocycles. The smallest absolute Gasteiger partial charge is 0.157 e. The number of aromatic nitrogens is 2. The molecular formula is C14H23N3O. The summed E-state index contributed by atoms with van der Waals surface area (Å²) in [5.74, 6) is 0.812. The van der Waals surface area contributed by atoms with Crippen molar-refractivity contribution in [3.63, 3.8) is 0 Å². The van der Waals surface area contributed by atoms with Gasteiger partial charge in [-0.3, -0.25) is 0 Å². The van der Waals surface area contributed by atoms with Gasteiger partial charge in [-0.05, 0) is 40.2 Å². The fraction of sp³-hybridized carbons (Fsp3) is 0.714. The third-order valence-electron chi connectivity index (χ3n) is 3.58. The third kappa shape index (κ3) is 2.87. The van der Waals surface area contributed by atoms with Crippen LogP contribution in [0.4, 0.5) is 0 Å². The number of fused-ring (bicyclic) bond motifs is 1. The molecule has 2 atom stereocenters. The van der Waals surface area contributed by atoms with Crippen LogP contribution in [0.2, 0.25) is 0 Å². The van der Waals surface area contributed by atoms with E-state index in [-0.39, 0.29) is 6.10 Å². The second-order valence-corrected chi connectivity index (χ2v) is 4.81. The normalized spacial score (nSPS) is 21.2. The number of hydrogen-bond donors (Lipinski definition) is 1. The van der Waals surface area contributed by atoms with Crippen LogP contribution in [0.15, 0.2) is 6.20 Å². The lowest BCUT2D eigenvalue weighted by Crippen LogP contribution is -2.18. The molecule has 100 valence electrons. The molecule has 0 amide bonds. The maximum absolute atomic E-state index is 5.56. The summed E-state index contributed by atoms with van der Waals surface area (Å²) in [5.41, 5.74) is 2.46. The highest BCUT2D eigenvalue weighted by atomic mass is 16.5. The molecule has 0 aromatic carbocycles. The van der Waals surface area contributed by atoms with Gasteiger partial charge >= 0.3 is 0 Å². The van der Waals surface area contributed by atoms with Gasteiger partial charge in [-0.15, -0.1) is 0 Å². The fourth-order valence-corrected chi connectivity index (χ4v) is 2.55. The molecule has 1 aliphatic rings. The Bertz CT molecular complexity index is 395. The Kier molecular flexibility index (Phi) is 4.66. The van der Waals surface area contributed by atoms with Crippen molar-refractivity contribution in [2.75, 3.05) is 13.7 Å². The standard InChI is InChI=1S/C14H23N3O/c1-4-18-10(2)14-16-9-11-12(15-3)7-5-6-8-13(11)17-14/h9-10,12,15H,4-8H2,1-3H3. The molecule has 4 heteroatoms. The van der Waals surface area contributed by atoms with Gasteiger partial charge in [-0.1, -0.05) is 6.42 Å². The highest BCUT2D eigenvalue weighted by molar-refractivity contribution is 5.23. The number of nitrogens with zero attached hydrogens (tertiary/aromatic N) is 2. The Morgan fingerprint density at radius 3 is 3.06 bits per heavy atom. The molecule has 1 aromatic heterocycles. The summed E-state index contributed by atoms with van der Waals surface area (Å²) in [4.78, 5) is 9.19. The van der Waals surface area contributed by atoms with Gasteiger partial charge in [0, 0.05) is 30.1 Å². The fourth-order valence-electron chi connectivity index (χ4n) is 2.55. The minimum atomic E-state index is -0.0170. The quantitative estimate of drug-likeness (QED) is 0.833. The van der Waals surface area contributed by atoms with E-state index >= 15 is 0 Å². The van der Waals surface area contributed by atoms with E-state index < -0.39 is 0 Å². The van der Waals surface area contributed by atoms with Crippen LogP contribution >= 0.6 is 0 Å². The number of nitrogens with one attached hydrogen (secondary N) is 1. The van der Waals surface area contributed by atoms with E-state index in [0.29, 0.717) is 12.6 Å². The molecule has 1 aromatic rings. The first-order valence-corrected chi connectivity index (χ1v) is 6.90. The van der Waals surface area contributed by atoms with Gasteiger partial charge < -0.3 is 10.1 Å². The topological polar surface area (TPSA) is 47.0 Å². The van der Waals surface area contributed by atoms with Gasteiger partial charge in [0.2, 0.25) is 0 Å². The molecule has 2 rings (SSSR count). The van der Waals surface area contributed by atoms with Crippen LogP contribution in [-0.4, -0.2) is 23.6 Å². The number of aryl methyl sites for hydroxylation is 1. The largest absolute Gasteiger partial charge is 0.371 e. The highest BCUT2D eigenvalue weighted by Gasteiger charge is 2.20. The summed E-state index contributed by atoms with van der Waals surface area (Å²) < 4.78 is 5.56. The summed E-state index contributed by atoms with van der Waals surface area (Å²) in [7, 11) is 2.01. The Labute approximate surface area is 109 Å². The molecule has 4 nitrogen and oxygen atoms in total. The van der Waals surface area contributed by atoms with Gasteiger partial charge in [0.15, 0.2) is 5.82 Å². The first-order valence-electron chi connectivity index (χ1n) is 6.90. The van der Waals surface area contributed by atoms with Crippen LogP contribution in [-0.2, 0) is 11.2 Å². The van der Waals surface area contributed by atoms with E-state index in [1.807, 2.05) is 27.1 Å². The zero-order chi connectivity index (χ0) is 13.0. The summed E-state index contributed by atoms with van der Waals surface area (Å²) in [5, 5.41) is 3.36. The van der Waals surface area contributed by atoms with E-state index in [2.05, 4.69) is 10.3 Å². The molecular weight excluding hydrogens is 226 g/mol. The zero-order valence-corrected chi connectivity index (χ0v) is 11.6. The summed E-state index contributed by atoms with van der Waals surface area (Å²) in [6, 6.07) is 0.402. The average molecular weight is 249 g/mol. The van der Waals surface area contributed by atoms with Crippen molar-refractivity contribution in [1.29, 1.82) is 0 Å². The Hall–Kier alpha value is -1.00. The van der Waals surface area contributed by atoms with Gasteiger partial charge in [0.05, 0.1) is 0 Å². The van der Waals surface area contributed by atoms with Crippen molar-refractivity contribution in [2.24, 2.45) is 0 Å². The maximum atomic E-state index is 5.56. The zero-order valence-electron chi connectivity index (χ0n) is 11.6. The molecule has 1 aliphatic carbocycles. The van der Waals surface area contributed by atoms with Crippen LogP contribution in [0.3, 0.4) is 0 Å². The van der Waals surface area contributed by atoms with Gasteiger partial charge in [-0.2, -0.15) is 0 Å². The number of ether oxygens (including phenoxy) is 1. The molecule has 0 radical (unpaired) electrons. The molecule has 2 unspecified atom stereocenters. The lowest BCUT2D eigenvalue weighted by atomic mass is 10.1. The minimum absolute atomic E-state index is 0.0170. The molecule has 0 fully saturated rings. The molecule has 1 N–H and O–H groups in total. The molecule has 0 spiro atoms. The predicted molar refractivity (Wildman–Crippen MR) is 71.4 cm³/mol. The number of rotatable bonds is 4. The first-order chi connectivity index (χ1) is 8.76. The van der Waals surface area contributed by atoms with E-state index in [9.17, 15) is 0 Å². The molecule has 0 saturated heterocycles. The van der Waals surface area contributed by atoms with E-state index in [0.717, 1.165) is 12.2 Å². The van der Waals surface area contributed by atoms with Crippen LogP contribution in [0.5, 0.6) is 0 Å². The Morgan fingerprint density at radius 1 is 1.50 bits per heavy atom. The van der Waals surface area contributed by atoms with Crippen LogP contribution < -0.4 is 5.32 Å². The van der Waals surface area contributed by atoms with E-state index in [1.165, 1.54) is 30.5 Å². The van der Waals surface area contributed by atoms with Crippen LogP contribution in [0, 0.1) is 0 Å². The predicted octanol–water partition coefficient (Wildman–Crippen LogP) is 2.56. The summed E-state index contributed by atoms with van der Waals surface area (Å²) >= 11 is 0. The monoisotopic (exact) mass is 249 g/mol. The third-order valence-corrected chi connectivity index (χ3v) is 3.58. The van der Waals surface area contributed by atoms with Gasteiger partial charge in [0.25, 0.3) is 0 Å². The van der Waals surface area contributed by atoms with Crippen LogP contribution in [0.25, 0.3) is 0 Å². The Balaban J connectivity index is 2.27. The van der Waals surface area contributed by atoms with Gasteiger partial charge in [0.1, 0.15) is 6.10 Å². The highest BCUT2D eigenvalue weighted by Crippen LogP contribution is 2.27. The minimum Gasteiger partial charge on any atom is -0.371 e. The maximum Gasteiger partial charge on any atom is 0.157 e. The second-order valence-electron chi connectivity index (χ2n) is 4.81. The average Bonchev–Trinajstić information content (AvgIpc) is 2.59. The van der Waals surface area contributed by atoms with Gasteiger partial charge in [-0.25, -0.2) is 9.97 Å². The molecule has 0 saturated carbocycles. The summed E-state index contributed by atoms with van der Waals surface area (Å²) in [6.07, 6.45) is 6.66. The Morgan fingerprint density at radius 2 is 2.33 bits per heavy atom. The van der Waals surface area contributed by atoms with Crippen molar-refractivity contribution < 1.29 is 4.74 Å². The van der Waals surface area contributed by atoms with Crippen LogP contribution in [0.1, 0.15) is 62.3 Å². The van der Waals surface area contributed by atoms with Crippen molar-refractivity contribution in [1.82, 2.24) is 15.3 Å². The molecule has 0 aliphatic heterocycles. The summed E-state index contributed by atoms with van der Waals surface area (Å²) in [6.45, 7) is 4.70. The van der Waals surface area contributed by atoms with Crippen molar-refractivity contribution in [2.45, 2.75) is 51.7 Å². The van der Waals surface area contributed by atoms with Crippen molar-refractivity contribution >= 4 is 0 Å². The lowest BCUT2D eigenvalue weighted by molar-refractivity contribution is 0.0698. The first kappa shape index (κ1) is 13.4. The van der Waals surface area contributed by atoms with E-state index in [4.69, 9.17) is 9.72 Å². The molecule has 0 bridgehead atoms. The van der Waals surface area contributed by atoms with Crippen molar-refractivity contribution in [3.05, 3.63) is 23.3 Å². The SMILES string of the molecule is CCOC(C)c1ncc2c(n1)CCCCC2NC.